The quantitative estimate of drug-likeness (QED) is 0.829. The minimum absolute atomic E-state index is 0.0934. The third-order valence-corrected chi connectivity index (χ3v) is 3.24. The van der Waals surface area contributed by atoms with Gasteiger partial charge in [0.25, 0.3) is 0 Å². The van der Waals surface area contributed by atoms with E-state index in [0.717, 1.165) is 6.42 Å². The molecule has 1 rings (SSSR count). The number of alkyl halides is 1. The van der Waals surface area contributed by atoms with Gasteiger partial charge in [0.2, 0.25) is 5.91 Å². The number of benzene rings is 1. The molecule has 2 nitrogen and oxygen atoms in total. The lowest BCUT2D eigenvalue weighted by molar-refractivity contribution is -0.120. The molecule has 1 aromatic rings. The van der Waals surface area contributed by atoms with Crippen molar-refractivity contribution >= 4 is 21.8 Å². The van der Waals surface area contributed by atoms with E-state index in [-0.39, 0.29) is 23.0 Å². The molecular weight excluding hydrogens is 273 g/mol. The van der Waals surface area contributed by atoms with Gasteiger partial charge in [-0.1, -0.05) is 41.1 Å². The van der Waals surface area contributed by atoms with E-state index >= 15 is 0 Å². The van der Waals surface area contributed by atoms with Gasteiger partial charge in [0.15, 0.2) is 0 Å². The molecule has 1 atom stereocenters. The van der Waals surface area contributed by atoms with Crippen molar-refractivity contribution in [2.45, 2.75) is 24.6 Å². The topological polar surface area (TPSA) is 29.1 Å². The second kappa shape index (κ2) is 6.63. The lowest BCUT2D eigenvalue weighted by Crippen LogP contribution is -2.30. The SMILES string of the molecule is CCC(Br)CNC(=O)Cc1ccccc1F. The van der Waals surface area contributed by atoms with Crippen molar-refractivity contribution in [3.63, 3.8) is 0 Å². The molecule has 0 heterocycles. The first-order valence-electron chi connectivity index (χ1n) is 5.27. The number of amides is 1. The number of hydrogen-bond acceptors (Lipinski definition) is 1. The van der Waals surface area contributed by atoms with Gasteiger partial charge in [0.1, 0.15) is 5.82 Å². The molecule has 0 saturated carbocycles. The summed E-state index contributed by atoms with van der Waals surface area (Å²) in [4.78, 5) is 11.8. The Morgan fingerprint density at radius 3 is 2.81 bits per heavy atom. The van der Waals surface area contributed by atoms with E-state index in [4.69, 9.17) is 0 Å². The van der Waals surface area contributed by atoms with Crippen molar-refractivity contribution in [3.05, 3.63) is 35.6 Å². The van der Waals surface area contributed by atoms with Crippen LogP contribution in [0.25, 0.3) is 0 Å². The number of carbonyl (C=O) groups is 1. The first-order chi connectivity index (χ1) is 7.63. The van der Waals surface area contributed by atoms with Crippen LogP contribution in [0.5, 0.6) is 0 Å². The molecular formula is C12H15BrFNO. The minimum atomic E-state index is -0.330. The molecule has 0 spiro atoms. The lowest BCUT2D eigenvalue weighted by atomic mass is 10.1. The number of rotatable bonds is 5. The van der Waals surface area contributed by atoms with Gasteiger partial charge in [-0.3, -0.25) is 4.79 Å². The van der Waals surface area contributed by atoms with Crippen LogP contribution in [0.2, 0.25) is 0 Å². The van der Waals surface area contributed by atoms with Crippen LogP contribution >= 0.6 is 15.9 Å². The third-order valence-electron chi connectivity index (χ3n) is 2.27. The highest BCUT2D eigenvalue weighted by Gasteiger charge is 2.08. The summed E-state index contributed by atoms with van der Waals surface area (Å²) in [5.74, 6) is -0.480. The molecule has 1 aromatic carbocycles. The summed E-state index contributed by atoms with van der Waals surface area (Å²) in [5.41, 5.74) is 0.433. The van der Waals surface area contributed by atoms with Crippen LogP contribution in [-0.2, 0) is 11.2 Å². The van der Waals surface area contributed by atoms with Crippen LogP contribution < -0.4 is 5.32 Å². The number of halogens is 2. The number of hydrogen-bond donors (Lipinski definition) is 1. The molecule has 0 bridgehead atoms. The first-order valence-corrected chi connectivity index (χ1v) is 6.19. The van der Waals surface area contributed by atoms with Gasteiger partial charge in [0.05, 0.1) is 6.42 Å². The maximum atomic E-state index is 13.2. The fourth-order valence-corrected chi connectivity index (χ4v) is 1.41. The molecule has 0 aromatic heterocycles. The van der Waals surface area contributed by atoms with Crippen LogP contribution in [0.15, 0.2) is 24.3 Å². The van der Waals surface area contributed by atoms with Gasteiger partial charge >= 0.3 is 0 Å². The third kappa shape index (κ3) is 4.31. The Balaban J connectivity index is 2.43. The summed E-state index contributed by atoms with van der Waals surface area (Å²) in [6.07, 6.45) is 1.04. The maximum absolute atomic E-state index is 13.2. The highest BCUT2D eigenvalue weighted by Crippen LogP contribution is 2.07. The maximum Gasteiger partial charge on any atom is 0.224 e. The van der Waals surface area contributed by atoms with Crippen molar-refractivity contribution in [1.29, 1.82) is 0 Å². The predicted octanol–water partition coefficient (Wildman–Crippen LogP) is 2.66. The van der Waals surface area contributed by atoms with Crippen LogP contribution in [-0.4, -0.2) is 17.3 Å². The zero-order valence-corrected chi connectivity index (χ0v) is 10.8. The van der Waals surface area contributed by atoms with Gasteiger partial charge < -0.3 is 5.32 Å². The van der Waals surface area contributed by atoms with Gasteiger partial charge in [-0.05, 0) is 18.1 Å². The van der Waals surface area contributed by atoms with E-state index in [1.807, 2.05) is 6.92 Å². The van der Waals surface area contributed by atoms with Crippen molar-refractivity contribution in [2.75, 3.05) is 6.54 Å². The standard InChI is InChI=1S/C12H15BrFNO/c1-2-10(13)8-15-12(16)7-9-5-3-4-6-11(9)14/h3-6,10H,2,7-8H2,1H3,(H,15,16). The van der Waals surface area contributed by atoms with Crippen LogP contribution in [0.4, 0.5) is 4.39 Å². The highest BCUT2D eigenvalue weighted by molar-refractivity contribution is 9.09. The molecule has 16 heavy (non-hydrogen) atoms. The first kappa shape index (κ1) is 13.2. The summed E-state index contributed by atoms with van der Waals surface area (Å²) in [6.45, 7) is 2.60. The zero-order valence-electron chi connectivity index (χ0n) is 9.17. The summed E-state index contributed by atoms with van der Waals surface area (Å²) >= 11 is 3.42. The minimum Gasteiger partial charge on any atom is -0.355 e. The fourth-order valence-electron chi connectivity index (χ4n) is 1.25. The van der Waals surface area contributed by atoms with Gasteiger partial charge in [-0.25, -0.2) is 4.39 Å². The summed E-state index contributed by atoms with van der Waals surface area (Å²) in [6, 6.07) is 6.33. The Hall–Kier alpha value is -0.900. The van der Waals surface area contributed by atoms with Crippen molar-refractivity contribution < 1.29 is 9.18 Å². The molecule has 0 fully saturated rings. The average Bonchev–Trinajstić information content (AvgIpc) is 2.29. The predicted molar refractivity (Wildman–Crippen MR) is 66.1 cm³/mol. The molecule has 0 saturated heterocycles. The van der Waals surface area contributed by atoms with Crippen LogP contribution in [0.3, 0.4) is 0 Å². The second-order valence-corrected chi connectivity index (χ2v) is 4.87. The second-order valence-electron chi connectivity index (χ2n) is 3.58. The molecule has 0 aliphatic carbocycles. The van der Waals surface area contributed by atoms with E-state index in [1.165, 1.54) is 6.07 Å². The van der Waals surface area contributed by atoms with Crippen molar-refractivity contribution in [2.24, 2.45) is 0 Å². The lowest BCUT2D eigenvalue weighted by Gasteiger charge is -2.09. The Morgan fingerprint density at radius 2 is 2.19 bits per heavy atom. The van der Waals surface area contributed by atoms with Gasteiger partial charge in [0, 0.05) is 11.4 Å². The van der Waals surface area contributed by atoms with Crippen molar-refractivity contribution in [1.82, 2.24) is 5.32 Å². The summed E-state index contributed by atoms with van der Waals surface area (Å²) in [5, 5.41) is 2.76. The van der Waals surface area contributed by atoms with Gasteiger partial charge in [-0.2, -0.15) is 0 Å². The Bertz CT molecular complexity index is 357. The summed E-state index contributed by atoms with van der Waals surface area (Å²) < 4.78 is 13.2. The largest absolute Gasteiger partial charge is 0.355 e. The summed E-state index contributed by atoms with van der Waals surface area (Å²) in [7, 11) is 0. The van der Waals surface area contributed by atoms with E-state index in [2.05, 4.69) is 21.2 Å². The molecule has 1 N–H and O–H groups in total. The van der Waals surface area contributed by atoms with Crippen LogP contribution in [0.1, 0.15) is 18.9 Å². The van der Waals surface area contributed by atoms with E-state index < -0.39 is 0 Å². The molecule has 4 heteroatoms. The molecule has 88 valence electrons. The Morgan fingerprint density at radius 1 is 1.50 bits per heavy atom. The zero-order chi connectivity index (χ0) is 12.0. The molecule has 0 radical (unpaired) electrons. The molecule has 0 aliphatic rings. The monoisotopic (exact) mass is 287 g/mol. The van der Waals surface area contributed by atoms with E-state index in [0.29, 0.717) is 12.1 Å². The van der Waals surface area contributed by atoms with E-state index in [9.17, 15) is 9.18 Å². The normalized spacial score (nSPS) is 12.2. The average molecular weight is 288 g/mol. The van der Waals surface area contributed by atoms with Crippen LogP contribution in [0, 0.1) is 5.82 Å². The fraction of sp³-hybridized carbons (Fsp3) is 0.417. The Kier molecular flexibility index (Phi) is 5.46. The number of carbonyl (C=O) groups excluding carboxylic acids is 1. The molecule has 0 aliphatic heterocycles. The Labute approximate surface area is 103 Å². The molecule has 1 unspecified atom stereocenters. The smallest absolute Gasteiger partial charge is 0.224 e. The van der Waals surface area contributed by atoms with Gasteiger partial charge in [-0.15, -0.1) is 0 Å². The molecule has 1 amide bonds. The van der Waals surface area contributed by atoms with E-state index in [1.54, 1.807) is 18.2 Å². The highest BCUT2D eigenvalue weighted by atomic mass is 79.9. The van der Waals surface area contributed by atoms with Crippen molar-refractivity contribution in [3.8, 4) is 0 Å². The number of nitrogens with one attached hydrogen (secondary N) is 1.